The van der Waals surface area contributed by atoms with Crippen LogP contribution in [0.4, 0.5) is 0 Å². The fourth-order valence-electron chi connectivity index (χ4n) is 1.52. The van der Waals surface area contributed by atoms with Crippen LogP contribution in [-0.2, 0) is 11.2 Å². The van der Waals surface area contributed by atoms with Crippen LogP contribution in [0.5, 0.6) is 0 Å². The molecular formula is C12H9BrN2O2. The highest BCUT2D eigenvalue weighted by Gasteiger charge is 2.09. The van der Waals surface area contributed by atoms with Gasteiger partial charge in [-0.05, 0) is 12.1 Å². The number of carboxylic acid groups (broad SMARTS) is 1. The zero-order valence-corrected chi connectivity index (χ0v) is 10.4. The van der Waals surface area contributed by atoms with E-state index in [1.54, 1.807) is 6.20 Å². The van der Waals surface area contributed by atoms with Crippen molar-refractivity contribution in [2.24, 2.45) is 0 Å². The van der Waals surface area contributed by atoms with Crippen molar-refractivity contribution in [2.45, 2.75) is 6.42 Å². The van der Waals surface area contributed by atoms with Gasteiger partial charge in [-0.2, -0.15) is 0 Å². The van der Waals surface area contributed by atoms with Gasteiger partial charge in [0.2, 0.25) is 0 Å². The average molecular weight is 293 g/mol. The molecule has 0 spiro atoms. The number of nitrogens with zero attached hydrogens (tertiary/aromatic N) is 2. The number of hydrogen-bond donors (Lipinski definition) is 1. The van der Waals surface area contributed by atoms with Gasteiger partial charge in [0.15, 0.2) is 0 Å². The molecule has 0 fully saturated rings. The Labute approximate surface area is 106 Å². The molecule has 86 valence electrons. The lowest BCUT2D eigenvalue weighted by Gasteiger charge is -2.05. The van der Waals surface area contributed by atoms with E-state index in [-0.39, 0.29) is 6.42 Å². The van der Waals surface area contributed by atoms with Crippen molar-refractivity contribution in [3.63, 3.8) is 0 Å². The summed E-state index contributed by atoms with van der Waals surface area (Å²) in [6.07, 6.45) is 2.88. The van der Waals surface area contributed by atoms with Gasteiger partial charge in [-0.1, -0.05) is 28.1 Å². The Hall–Kier alpha value is -1.75. The van der Waals surface area contributed by atoms with Crippen LogP contribution in [0.1, 0.15) is 5.56 Å². The molecule has 1 heterocycles. The zero-order valence-electron chi connectivity index (χ0n) is 8.80. The van der Waals surface area contributed by atoms with Gasteiger partial charge in [-0.15, -0.1) is 0 Å². The van der Waals surface area contributed by atoms with Crippen molar-refractivity contribution in [1.29, 1.82) is 0 Å². The van der Waals surface area contributed by atoms with E-state index in [2.05, 4.69) is 25.9 Å². The Kier molecular flexibility index (Phi) is 3.49. The van der Waals surface area contributed by atoms with Crippen LogP contribution < -0.4 is 0 Å². The van der Waals surface area contributed by atoms with Crippen molar-refractivity contribution < 1.29 is 9.90 Å². The molecule has 0 radical (unpaired) electrons. The molecule has 0 aliphatic heterocycles. The minimum atomic E-state index is -0.891. The van der Waals surface area contributed by atoms with Gasteiger partial charge in [0.25, 0.3) is 0 Å². The molecule has 5 heteroatoms. The summed E-state index contributed by atoms with van der Waals surface area (Å²) in [4.78, 5) is 18.7. The maximum absolute atomic E-state index is 10.7. The van der Waals surface area contributed by atoms with Crippen molar-refractivity contribution in [1.82, 2.24) is 9.97 Å². The molecule has 1 aromatic carbocycles. The molecule has 4 nitrogen and oxygen atoms in total. The summed E-state index contributed by atoms with van der Waals surface area (Å²) in [5.74, 6) is -0.891. The van der Waals surface area contributed by atoms with Crippen LogP contribution in [0.25, 0.3) is 11.3 Å². The molecule has 2 rings (SSSR count). The van der Waals surface area contributed by atoms with E-state index in [9.17, 15) is 4.79 Å². The third-order valence-electron chi connectivity index (χ3n) is 2.25. The van der Waals surface area contributed by atoms with Gasteiger partial charge in [-0.3, -0.25) is 4.79 Å². The minimum Gasteiger partial charge on any atom is -0.481 e. The third kappa shape index (κ3) is 2.88. The molecule has 17 heavy (non-hydrogen) atoms. The zero-order chi connectivity index (χ0) is 12.3. The summed E-state index contributed by atoms with van der Waals surface area (Å²) in [5, 5.41) is 8.82. The van der Waals surface area contributed by atoms with Crippen LogP contribution in [0.3, 0.4) is 0 Å². The lowest BCUT2D eigenvalue weighted by atomic mass is 10.1. The summed E-state index contributed by atoms with van der Waals surface area (Å²) in [6.45, 7) is 0. The van der Waals surface area contributed by atoms with Crippen molar-refractivity contribution in [3.05, 3.63) is 46.8 Å². The van der Waals surface area contributed by atoms with E-state index in [4.69, 9.17) is 5.11 Å². The van der Waals surface area contributed by atoms with E-state index in [0.29, 0.717) is 11.3 Å². The molecule has 0 saturated heterocycles. The minimum absolute atomic E-state index is 0.0771. The molecule has 0 aliphatic carbocycles. The first kappa shape index (κ1) is 11.7. The topological polar surface area (TPSA) is 63.1 Å². The van der Waals surface area contributed by atoms with Crippen LogP contribution in [0.2, 0.25) is 0 Å². The Balaban J connectivity index is 2.44. The van der Waals surface area contributed by atoms with Gasteiger partial charge in [0, 0.05) is 21.8 Å². The predicted octanol–water partition coefficient (Wildman–Crippen LogP) is 2.53. The monoisotopic (exact) mass is 292 g/mol. The standard InChI is InChI=1S/C12H9BrN2O2/c13-10-3-1-8(2-4-10)12-9(5-11(16)17)6-14-7-15-12/h1-4,6-7H,5H2,(H,16,17). The van der Waals surface area contributed by atoms with Gasteiger partial charge < -0.3 is 5.11 Å². The van der Waals surface area contributed by atoms with Crippen LogP contribution in [0.15, 0.2) is 41.3 Å². The first-order chi connectivity index (χ1) is 8.16. The second-order valence-electron chi connectivity index (χ2n) is 3.47. The second kappa shape index (κ2) is 5.05. The fraction of sp³-hybridized carbons (Fsp3) is 0.0833. The molecule has 0 amide bonds. The van der Waals surface area contributed by atoms with E-state index >= 15 is 0 Å². The van der Waals surface area contributed by atoms with Gasteiger partial charge in [-0.25, -0.2) is 9.97 Å². The largest absolute Gasteiger partial charge is 0.481 e. The number of aromatic nitrogens is 2. The highest BCUT2D eigenvalue weighted by atomic mass is 79.9. The predicted molar refractivity (Wildman–Crippen MR) is 66.5 cm³/mol. The number of rotatable bonds is 3. The SMILES string of the molecule is O=C(O)Cc1cncnc1-c1ccc(Br)cc1. The first-order valence-corrected chi connectivity index (χ1v) is 5.73. The Morgan fingerprint density at radius 3 is 2.65 bits per heavy atom. The number of carboxylic acids is 1. The maximum atomic E-state index is 10.7. The summed E-state index contributed by atoms with van der Waals surface area (Å²) < 4.78 is 0.968. The molecule has 1 aromatic heterocycles. The van der Waals surface area contributed by atoms with Crippen LogP contribution in [-0.4, -0.2) is 21.0 Å². The maximum Gasteiger partial charge on any atom is 0.307 e. The third-order valence-corrected chi connectivity index (χ3v) is 2.78. The number of benzene rings is 1. The first-order valence-electron chi connectivity index (χ1n) is 4.93. The molecule has 0 atom stereocenters. The van der Waals surface area contributed by atoms with Gasteiger partial charge >= 0.3 is 5.97 Å². The highest BCUT2D eigenvalue weighted by molar-refractivity contribution is 9.10. The second-order valence-corrected chi connectivity index (χ2v) is 4.39. The lowest BCUT2D eigenvalue weighted by molar-refractivity contribution is -0.136. The summed E-state index contributed by atoms with van der Waals surface area (Å²) in [7, 11) is 0. The number of hydrogen-bond acceptors (Lipinski definition) is 3. The molecule has 0 bridgehead atoms. The van der Waals surface area contributed by atoms with Crippen molar-refractivity contribution in [3.8, 4) is 11.3 Å². The van der Waals surface area contributed by atoms with Crippen molar-refractivity contribution in [2.75, 3.05) is 0 Å². The fourth-order valence-corrected chi connectivity index (χ4v) is 1.78. The Bertz CT molecular complexity index is 540. The van der Waals surface area contributed by atoms with Crippen LogP contribution in [0, 0.1) is 0 Å². The molecule has 2 aromatic rings. The van der Waals surface area contributed by atoms with E-state index in [1.807, 2.05) is 24.3 Å². The highest BCUT2D eigenvalue weighted by Crippen LogP contribution is 2.22. The van der Waals surface area contributed by atoms with Crippen LogP contribution >= 0.6 is 15.9 Å². The molecule has 0 aliphatic rings. The lowest BCUT2D eigenvalue weighted by Crippen LogP contribution is -2.03. The summed E-state index contributed by atoms with van der Waals surface area (Å²) >= 11 is 3.35. The van der Waals surface area contributed by atoms with Gasteiger partial charge in [0.1, 0.15) is 6.33 Å². The summed E-state index contributed by atoms with van der Waals surface area (Å²) in [6, 6.07) is 7.56. The Morgan fingerprint density at radius 2 is 2.00 bits per heavy atom. The van der Waals surface area contributed by atoms with E-state index < -0.39 is 5.97 Å². The number of carbonyl (C=O) groups is 1. The molecular weight excluding hydrogens is 284 g/mol. The van der Waals surface area contributed by atoms with E-state index in [0.717, 1.165) is 10.0 Å². The average Bonchev–Trinajstić information content (AvgIpc) is 2.30. The number of halogens is 1. The quantitative estimate of drug-likeness (QED) is 0.944. The molecule has 1 N–H and O–H groups in total. The smallest absolute Gasteiger partial charge is 0.307 e. The molecule has 0 unspecified atom stereocenters. The molecule has 0 saturated carbocycles. The van der Waals surface area contributed by atoms with Crippen molar-refractivity contribution >= 4 is 21.9 Å². The summed E-state index contributed by atoms with van der Waals surface area (Å²) in [5.41, 5.74) is 2.16. The number of aliphatic carboxylic acids is 1. The van der Waals surface area contributed by atoms with E-state index in [1.165, 1.54) is 6.33 Å². The normalized spacial score (nSPS) is 10.2. The Morgan fingerprint density at radius 1 is 1.29 bits per heavy atom. The van der Waals surface area contributed by atoms with Gasteiger partial charge in [0.05, 0.1) is 12.1 Å².